The first kappa shape index (κ1) is 11.5. The molecule has 0 fully saturated rings. The number of hydrogen-bond donors (Lipinski definition) is 0. The maximum absolute atomic E-state index is 11.0. The molecule has 0 spiro atoms. The molecule has 1 heterocycles. The Morgan fingerprint density at radius 1 is 1.29 bits per heavy atom. The van der Waals surface area contributed by atoms with Crippen LogP contribution in [0.5, 0.6) is 0 Å². The normalized spacial score (nSPS) is 10.2. The summed E-state index contributed by atoms with van der Waals surface area (Å²) in [6.07, 6.45) is 1.99. The summed E-state index contributed by atoms with van der Waals surface area (Å²) in [5, 5.41) is 0. The van der Waals surface area contributed by atoms with Crippen molar-refractivity contribution in [1.82, 2.24) is 9.97 Å². The van der Waals surface area contributed by atoms with Crippen LogP contribution < -0.4 is 0 Å². The van der Waals surface area contributed by atoms with Crippen molar-refractivity contribution in [3.05, 3.63) is 47.9 Å². The Labute approximate surface area is 101 Å². The Morgan fingerprint density at radius 3 is 2.82 bits per heavy atom. The molecule has 1 aromatic carbocycles. The Morgan fingerprint density at radius 2 is 2.12 bits per heavy atom. The smallest absolute Gasteiger partial charge is 0.137 e. The number of rotatable bonds is 3. The summed E-state index contributed by atoms with van der Waals surface area (Å²) < 4.78 is 0. The first-order chi connectivity index (χ1) is 8.15. The van der Waals surface area contributed by atoms with Crippen LogP contribution in [-0.2, 0) is 11.2 Å². The molecule has 1 aromatic heterocycles. The quantitative estimate of drug-likeness (QED) is 0.807. The summed E-state index contributed by atoms with van der Waals surface area (Å²) in [7, 11) is 0. The molecule has 0 aliphatic rings. The van der Waals surface area contributed by atoms with Crippen LogP contribution in [0.2, 0.25) is 0 Å². The van der Waals surface area contributed by atoms with Gasteiger partial charge in [0.05, 0.1) is 12.1 Å². The molecule has 0 amide bonds. The van der Waals surface area contributed by atoms with Crippen molar-refractivity contribution < 1.29 is 4.79 Å². The van der Waals surface area contributed by atoms with Gasteiger partial charge in [-0.25, -0.2) is 9.97 Å². The van der Waals surface area contributed by atoms with E-state index in [1.54, 1.807) is 13.1 Å². The zero-order valence-corrected chi connectivity index (χ0v) is 9.97. The first-order valence-electron chi connectivity index (χ1n) is 5.53. The van der Waals surface area contributed by atoms with Crippen molar-refractivity contribution in [2.45, 2.75) is 20.3 Å². The van der Waals surface area contributed by atoms with Crippen molar-refractivity contribution in [3.63, 3.8) is 0 Å². The molecule has 0 unspecified atom stereocenters. The van der Waals surface area contributed by atoms with Crippen LogP contribution in [-0.4, -0.2) is 15.8 Å². The van der Waals surface area contributed by atoms with E-state index in [0.717, 1.165) is 11.3 Å². The van der Waals surface area contributed by atoms with Gasteiger partial charge < -0.3 is 0 Å². The maximum atomic E-state index is 11.0. The highest BCUT2D eigenvalue weighted by Gasteiger charge is 2.04. The van der Waals surface area contributed by atoms with E-state index >= 15 is 0 Å². The molecule has 0 radical (unpaired) electrons. The number of aromatic nitrogens is 2. The molecule has 17 heavy (non-hydrogen) atoms. The molecule has 3 heteroatoms. The third kappa shape index (κ3) is 2.97. The number of carbonyl (C=O) groups excluding carboxylic acids is 1. The van der Waals surface area contributed by atoms with Crippen LogP contribution in [0.15, 0.2) is 36.5 Å². The lowest BCUT2D eigenvalue weighted by Crippen LogP contribution is -2.02. The molecule has 0 bridgehead atoms. The summed E-state index contributed by atoms with van der Waals surface area (Å²) in [6.45, 7) is 3.59. The Balaban J connectivity index is 2.36. The summed E-state index contributed by atoms with van der Waals surface area (Å²) in [5.41, 5.74) is 3.10. The van der Waals surface area contributed by atoms with E-state index in [1.165, 1.54) is 5.56 Å². The average molecular weight is 226 g/mol. The highest BCUT2D eigenvalue weighted by atomic mass is 16.1. The molecule has 0 saturated heterocycles. The molecule has 2 rings (SSSR count). The molecule has 0 aliphatic carbocycles. The van der Waals surface area contributed by atoms with Crippen molar-refractivity contribution in [2.75, 3.05) is 0 Å². The van der Waals surface area contributed by atoms with E-state index in [-0.39, 0.29) is 5.78 Å². The molecular weight excluding hydrogens is 212 g/mol. The summed E-state index contributed by atoms with van der Waals surface area (Å²) in [6, 6.07) is 9.98. The van der Waals surface area contributed by atoms with Gasteiger partial charge in [0.2, 0.25) is 0 Å². The molecule has 0 atom stereocenters. The average Bonchev–Trinajstić information content (AvgIpc) is 2.28. The molecule has 86 valence electrons. The molecule has 0 aliphatic heterocycles. The van der Waals surface area contributed by atoms with Crippen LogP contribution in [0.4, 0.5) is 0 Å². The van der Waals surface area contributed by atoms with E-state index < -0.39 is 0 Å². The summed E-state index contributed by atoms with van der Waals surface area (Å²) >= 11 is 0. The van der Waals surface area contributed by atoms with E-state index in [9.17, 15) is 4.79 Å². The number of aryl methyl sites for hydroxylation is 1. The number of nitrogens with zero attached hydrogens (tertiary/aromatic N) is 2. The highest BCUT2D eigenvalue weighted by Crippen LogP contribution is 2.17. The second kappa shape index (κ2) is 4.87. The van der Waals surface area contributed by atoms with Gasteiger partial charge >= 0.3 is 0 Å². The molecule has 2 aromatic rings. The number of ketones is 1. The number of hydrogen-bond acceptors (Lipinski definition) is 3. The van der Waals surface area contributed by atoms with Gasteiger partial charge in [-0.1, -0.05) is 23.8 Å². The number of Topliss-reactive ketones (excluding diaryl/α,β-unsaturated/α-hetero) is 1. The summed E-state index contributed by atoms with van der Waals surface area (Å²) in [4.78, 5) is 19.5. The number of benzene rings is 1. The fourth-order valence-corrected chi connectivity index (χ4v) is 1.67. The topological polar surface area (TPSA) is 42.9 Å². The molecule has 3 nitrogen and oxygen atoms in total. The van der Waals surface area contributed by atoms with Gasteiger partial charge in [-0.3, -0.25) is 4.79 Å². The minimum absolute atomic E-state index is 0.0754. The minimum Gasteiger partial charge on any atom is -0.300 e. The second-order valence-electron chi connectivity index (χ2n) is 4.11. The third-order valence-corrected chi connectivity index (χ3v) is 2.43. The van der Waals surface area contributed by atoms with Gasteiger partial charge in [-0.15, -0.1) is 0 Å². The van der Waals surface area contributed by atoms with Gasteiger partial charge in [0.15, 0.2) is 0 Å². The van der Waals surface area contributed by atoms with Gasteiger partial charge in [0.1, 0.15) is 11.6 Å². The highest BCUT2D eigenvalue weighted by molar-refractivity contribution is 5.77. The Bertz CT molecular complexity index is 549. The fraction of sp³-hybridized carbons (Fsp3) is 0.214. The first-order valence-corrected chi connectivity index (χ1v) is 5.53. The van der Waals surface area contributed by atoms with E-state index in [4.69, 9.17) is 0 Å². The zero-order valence-electron chi connectivity index (χ0n) is 9.97. The maximum Gasteiger partial charge on any atom is 0.137 e. The SMILES string of the molecule is CC(=O)Cc1nccc(-c2cccc(C)c2)n1. The lowest BCUT2D eigenvalue weighted by Gasteiger charge is -2.03. The monoisotopic (exact) mass is 226 g/mol. The molecule has 0 saturated carbocycles. The Hall–Kier alpha value is -2.03. The van der Waals surface area contributed by atoms with E-state index in [0.29, 0.717) is 12.2 Å². The van der Waals surface area contributed by atoms with Crippen LogP contribution in [0.1, 0.15) is 18.3 Å². The molecular formula is C14H14N2O. The van der Waals surface area contributed by atoms with Crippen LogP contribution in [0, 0.1) is 6.92 Å². The van der Waals surface area contributed by atoms with Gasteiger partial charge in [0, 0.05) is 11.8 Å². The predicted molar refractivity (Wildman–Crippen MR) is 66.6 cm³/mol. The van der Waals surface area contributed by atoms with Crippen molar-refractivity contribution >= 4 is 5.78 Å². The number of carbonyl (C=O) groups is 1. The lowest BCUT2D eigenvalue weighted by molar-refractivity contribution is -0.116. The van der Waals surface area contributed by atoms with Crippen molar-refractivity contribution in [1.29, 1.82) is 0 Å². The van der Waals surface area contributed by atoms with Crippen LogP contribution in [0.3, 0.4) is 0 Å². The minimum atomic E-state index is 0.0754. The molecule has 0 N–H and O–H groups in total. The van der Waals surface area contributed by atoms with Gasteiger partial charge in [-0.2, -0.15) is 0 Å². The van der Waals surface area contributed by atoms with E-state index in [2.05, 4.69) is 16.0 Å². The van der Waals surface area contributed by atoms with Crippen molar-refractivity contribution in [3.8, 4) is 11.3 Å². The lowest BCUT2D eigenvalue weighted by atomic mass is 10.1. The Kier molecular flexibility index (Phi) is 3.28. The van der Waals surface area contributed by atoms with Crippen LogP contribution >= 0.6 is 0 Å². The largest absolute Gasteiger partial charge is 0.300 e. The van der Waals surface area contributed by atoms with E-state index in [1.807, 2.05) is 31.2 Å². The standard InChI is InChI=1S/C14H14N2O/c1-10-4-3-5-12(8-10)13-6-7-15-14(16-13)9-11(2)17/h3-8H,9H2,1-2H3. The fourth-order valence-electron chi connectivity index (χ4n) is 1.67. The summed E-state index contributed by atoms with van der Waals surface area (Å²) in [5.74, 6) is 0.655. The van der Waals surface area contributed by atoms with Gasteiger partial charge in [0.25, 0.3) is 0 Å². The van der Waals surface area contributed by atoms with Crippen molar-refractivity contribution in [2.24, 2.45) is 0 Å². The van der Waals surface area contributed by atoms with Crippen LogP contribution in [0.25, 0.3) is 11.3 Å². The third-order valence-electron chi connectivity index (χ3n) is 2.43. The van der Waals surface area contributed by atoms with Gasteiger partial charge in [-0.05, 0) is 26.0 Å². The second-order valence-corrected chi connectivity index (χ2v) is 4.11. The predicted octanol–water partition coefficient (Wildman–Crippen LogP) is 2.58. The zero-order chi connectivity index (χ0) is 12.3.